The maximum atomic E-state index is 12.5. The summed E-state index contributed by atoms with van der Waals surface area (Å²) in [5.74, 6) is 0.464. The van der Waals surface area contributed by atoms with Crippen molar-refractivity contribution in [2.75, 3.05) is 5.32 Å². The van der Waals surface area contributed by atoms with Gasteiger partial charge in [0.2, 0.25) is 5.76 Å². The molecular weight excluding hydrogens is 316 g/mol. The lowest BCUT2D eigenvalue weighted by molar-refractivity contribution is 0.0987. The van der Waals surface area contributed by atoms with E-state index >= 15 is 0 Å². The monoisotopic (exact) mass is 338 g/mol. The number of carbonyl (C=O) groups is 1. The number of nitrogens with one attached hydrogen (secondary N) is 1. The Hall–Kier alpha value is -2.89. The fraction of sp³-hybridized carbons (Fsp3) is 0.316. The number of aromatic nitrogens is 3. The first-order valence-corrected chi connectivity index (χ1v) is 8.17. The van der Waals surface area contributed by atoms with Gasteiger partial charge in [0.1, 0.15) is 5.82 Å². The van der Waals surface area contributed by atoms with Crippen molar-refractivity contribution in [3.63, 3.8) is 0 Å². The van der Waals surface area contributed by atoms with Crippen LogP contribution in [-0.4, -0.2) is 20.8 Å². The Labute approximate surface area is 146 Å². The highest BCUT2D eigenvalue weighted by Crippen LogP contribution is 2.31. The van der Waals surface area contributed by atoms with E-state index in [1.165, 1.54) is 0 Å². The Bertz CT molecular complexity index is 901. The number of benzene rings is 1. The molecule has 130 valence electrons. The Morgan fingerprint density at radius 2 is 1.84 bits per heavy atom. The number of hydrogen-bond acceptors (Lipinski definition) is 4. The van der Waals surface area contributed by atoms with E-state index in [1.807, 2.05) is 37.3 Å². The molecule has 3 aromatic rings. The standard InChI is InChI=1S/C19H22N4O2/c1-12-11-15(25-22-12)18(24)20-17-13(2)16(19(3,4)5)21-23(17)14-9-7-6-8-10-14/h6-11H,1-5H3,(H,20,24). The van der Waals surface area contributed by atoms with Crippen molar-refractivity contribution in [1.29, 1.82) is 0 Å². The summed E-state index contributed by atoms with van der Waals surface area (Å²) in [6.45, 7) is 10.0. The number of hydrogen-bond donors (Lipinski definition) is 1. The molecule has 25 heavy (non-hydrogen) atoms. The van der Waals surface area contributed by atoms with Gasteiger partial charge in [-0.05, 0) is 26.0 Å². The van der Waals surface area contributed by atoms with Crippen molar-refractivity contribution in [1.82, 2.24) is 14.9 Å². The predicted molar refractivity (Wildman–Crippen MR) is 96.2 cm³/mol. The van der Waals surface area contributed by atoms with Crippen molar-refractivity contribution < 1.29 is 9.32 Å². The van der Waals surface area contributed by atoms with E-state index in [2.05, 4.69) is 31.2 Å². The fourth-order valence-electron chi connectivity index (χ4n) is 2.75. The Morgan fingerprint density at radius 1 is 1.16 bits per heavy atom. The molecule has 0 fully saturated rings. The average Bonchev–Trinajstić information content (AvgIpc) is 3.13. The molecule has 0 aliphatic rings. The number of carbonyl (C=O) groups excluding carboxylic acids is 1. The third-order valence-electron chi connectivity index (χ3n) is 3.92. The second kappa shape index (κ2) is 6.20. The summed E-state index contributed by atoms with van der Waals surface area (Å²) < 4.78 is 6.83. The van der Waals surface area contributed by atoms with Gasteiger partial charge in [0.05, 0.1) is 17.1 Å². The van der Waals surface area contributed by atoms with E-state index in [4.69, 9.17) is 9.62 Å². The molecule has 0 unspecified atom stereocenters. The molecular formula is C19H22N4O2. The van der Waals surface area contributed by atoms with Crippen LogP contribution in [0.15, 0.2) is 40.9 Å². The molecule has 0 atom stereocenters. The van der Waals surface area contributed by atoms with E-state index in [0.717, 1.165) is 16.9 Å². The molecule has 0 saturated heterocycles. The number of para-hydroxylation sites is 1. The van der Waals surface area contributed by atoms with Gasteiger partial charge in [-0.15, -0.1) is 0 Å². The molecule has 0 saturated carbocycles. The minimum absolute atomic E-state index is 0.146. The van der Waals surface area contributed by atoms with Gasteiger partial charge in [-0.25, -0.2) is 4.68 Å². The van der Waals surface area contributed by atoms with Crippen molar-refractivity contribution in [3.05, 3.63) is 59.1 Å². The summed E-state index contributed by atoms with van der Waals surface area (Å²) in [7, 11) is 0. The van der Waals surface area contributed by atoms with Crippen molar-refractivity contribution in [2.45, 2.75) is 40.0 Å². The molecule has 0 aliphatic heterocycles. The second-order valence-corrected chi connectivity index (χ2v) is 7.11. The van der Waals surface area contributed by atoms with Crippen molar-refractivity contribution >= 4 is 11.7 Å². The van der Waals surface area contributed by atoms with Crippen LogP contribution in [0.3, 0.4) is 0 Å². The molecule has 3 rings (SSSR count). The van der Waals surface area contributed by atoms with E-state index < -0.39 is 0 Å². The van der Waals surface area contributed by atoms with E-state index in [-0.39, 0.29) is 17.1 Å². The van der Waals surface area contributed by atoms with Gasteiger partial charge >= 0.3 is 0 Å². The first-order chi connectivity index (χ1) is 11.8. The molecule has 1 aromatic carbocycles. The van der Waals surface area contributed by atoms with Crippen molar-refractivity contribution in [2.24, 2.45) is 0 Å². The van der Waals surface area contributed by atoms with Gasteiger partial charge in [0.15, 0.2) is 0 Å². The van der Waals surface area contributed by atoms with Crippen LogP contribution >= 0.6 is 0 Å². The molecule has 6 heteroatoms. The number of amides is 1. The summed E-state index contributed by atoms with van der Waals surface area (Å²) in [4.78, 5) is 12.5. The van der Waals surface area contributed by atoms with E-state index in [1.54, 1.807) is 17.7 Å². The minimum atomic E-state index is -0.346. The molecule has 1 N–H and O–H groups in total. The molecule has 0 spiro atoms. The quantitative estimate of drug-likeness (QED) is 0.782. The van der Waals surface area contributed by atoms with Gasteiger partial charge in [0, 0.05) is 17.0 Å². The molecule has 0 radical (unpaired) electrons. The topological polar surface area (TPSA) is 73.0 Å². The van der Waals surface area contributed by atoms with Crippen LogP contribution in [-0.2, 0) is 5.41 Å². The highest BCUT2D eigenvalue weighted by Gasteiger charge is 2.26. The Balaban J connectivity index is 2.07. The van der Waals surface area contributed by atoms with E-state index in [0.29, 0.717) is 11.5 Å². The highest BCUT2D eigenvalue weighted by atomic mass is 16.5. The number of nitrogens with zero attached hydrogens (tertiary/aromatic N) is 3. The Morgan fingerprint density at radius 3 is 2.40 bits per heavy atom. The van der Waals surface area contributed by atoms with Crippen LogP contribution in [0.5, 0.6) is 0 Å². The SMILES string of the molecule is Cc1cc(C(=O)Nc2c(C)c(C(C)(C)C)nn2-c2ccccc2)on1. The predicted octanol–water partition coefficient (Wildman–Crippen LogP) is 4.03. The van der Waals surface area contributed by atoms with Crippen LogP contribution in [0, 0.1) is 13.8 Å². The zero-order valence-corrected chi connectivity index (χ0v) is 15.1. The molecule has 0 aliphatic carbocycles. The zero-order chi connectivity index (χ0) is 18.2. The van der Waals surface area contributed by atoms with Gasteiger partial charge in [0.25, 0.3) is 5.91 Å². The molecule has 2 aromatic heterocycles. The third kappa shape index (κ3) is 3.33. The third-order valence-corrected chi connectivity index (χ3v) is 3.92. The first-order valence-electron chi connectivity index (χ1n) is 8.17. The lowest BCUT2D eigenvalue weighted by Gasteiger charge is -2.16. The minimum Gasteiger partial charge on any atom is -0.351 e. The molecule has 1 amide bonds. The lowest BCUT2D eigenvalue weighted by atomic mass is 9.90. The fourth-order valence-corrected chi connectivity index (χ4v) is 2.75. The number of aryl methyl sites for hydroxylation is 1. The summed E-state index contributed by atoms with van der Waals surface area (Å²) in [6, 6.07) is 11.3. The van der Waals surface area contributed by atoms with Gasteiger partial charge in [-0.3, -0.25) is 4.79 Å². The summed E-state index contributed by atoms with van der Waals surface area (Å²) in [6.07, 6.45) is 0. The van der Waals surface area contributed by atoms with Gasteiger partial charge in [-0.2, -0.15) is 5.10 Å². The largest absolute Gasteiger partial charge is 0.351 e. The molecule has 2 heterocycles. The number of anilines is 1. The van der Waals surface area contributed by atoms with Crippen LogP contribution < -0.4 is 5.32 Å². The van der Waals surface area contributed by atoms with Crippen LogP contribution in [0.25, 0.3) is 5.69 Å². The summed E-state index contributed by atoms with van der Waals surface area (Å²) >= 11 is 0. The first kappa shape index (κ1) is 17.0. The highest BCUT2D eigenvalue weighted by molar-refractivity contribution is 6.02. The maximum absolute atomic E-state index is 12.5. The Kier molecular flexibility index (Phi) is 4.20. The van der Waals surface area contributed by atoms with Crippen LogP contribution in [0.4, 0.5) is 5.82 Å². The second-order valence-electron chi connectivity index (χ2n) is 7.11. The van der Waals surface area contributed by atoms with Crippen LogP contribution in [0.2, 0.25) is 0 Å². The van der Waals surface area contributed by atoms with Gasteiger partial charge in [-0.1, -0.05) is 44.1 Å². The zero-order valence-electron chi connectivity index (χ0n) is 15.1. The normalized spacial score (nSPS) is 11.6. The number of rotatable bonds is 3. The molecule has 0 bridgehead atoms. The summed E-state index contributed by atoms with van der Waals surface area (Å²) in [5, 5.41) is 11.5. The van der Waals surface area contributed by atoms with Crippen LogP contribution in [0.1, 0.15) is 48.3 Å². The van der Waals surface area contributed by atoms with E-state index in [9.17, 15) is 4.79 Å². The molecule has 6 nitrogen and oxygen atoms in total. The summed E-state index contributed by atoms with van der Waals surface area (Å²) in [5.41, 5.74) is 3.26. The van der Waals surface area contributed by atoms with Crippen molar-refractivity contribution in [3.8, 4) is 5.69 Å². The smallest absolute Gasteiger partial charge is 0.295 e. The lowest BCUT2D eigenvalue weighted by Crippen LogP contribution is -2.15. The average molecular weight is 338 g/mol. The van der Waals surface area contributed by atoms with Gasteiger partial charge < -0.3 is 9.84 Å². The maximum Gasteiger partial charge on any atom is 0.295 e.